The van der Waals surface area contributed by atoms with Gasteiger partial charge in [-0.2, -0.15) is 0 Å². The summed E-state index contributed by atoms with van der Waals surface area (Å²) in [6.45, 7) is 0.0609. The lowest BCUT2D eigenvalue weighted by molar-refractivity contribution is -0.138. The number of benzene rings is 2. The number of hydrogen-bond acceptors (Lipinski definition) is 6. The van der Waals surface area contributed by atoms with E-state index in [0.717, 1.165) is 16.5 Å². The quantitative estimate of drug-likeness (QED) is 0.386. The van der Waals surface area contributed by atoms with Crippen molar-refractivity contribution in [1.29, 1.82) is 0 Å². The third-order valence-corrected chi connectivity index (χ3v) is 6.20. The van der Waals surface area contributed by atoms with Crippen molar-refractivity contribution in [3.05, 3.63) is 72.4 Å². The number of rotatable bonds is 8. The molecule has 0 unspecified atom stereocenters. The van der Waals surface area contributed by atoms with Gasteiger partial charge >= 0.3 is 0 Å². The van der Waals surface area contributed by atoms with Gasteiger partial charge < -0.3 is 27.0 Å². The van der Waals surface area contributed by atoms with E-state index in [9.17, 15) is 14.4 Å². The fourth-order valence-corrected chi connectivity index (χ4v) is 4.39. The molecule has 3 aromatic rings. The summed E-state index contributed by atoms with van der Waals surface area (Å²) >= 11 is 0. The van der Waals surface area contributed by atoms with E-state index >= 15 is 0 Å². The van der Waals surface area contributed by atoms with Gasteiger partial charge in [0.05, 0.1) is 12.1 Å². The van der Waals surface area contributed by atoms with Crippen LogP contribution < -0.4 is 22.1 Å². The van der Waals surface area contributed by atoms with E-state index in [2.05, 4.69) is 15.6 Å². The lowest BCUT2D eigenvalue weighted by Crippen LogP contribution is -2.52. The SMILES string of the molecule is NCC(=O)N1C[C@@H](N)C[C@@H]1C(=O)N[C@H](CCc1ccccc1)C(=O)Nc1ccc2ncccc2c1. The van der Waals surface area contributed by atoms with E-state index in [1.807, 2.05) is 54.6 Å². The van der Waals surface area contributed by atoms with Crippen LogP contribution in [0.5, 0.6) is 0 Å². The molecule has 182 valence electrons. The van der Waals surface area contributed by atoms with Crippen molar-refractivity contribution >= 4 is 34.3 Å². The summed E-state index contributed by atoms with van der Waals surface area (Å²) in [5.74, 6) is -1.08. The van der Waals surface area contributed by atoms with Gasteiger partial charge in [0.1, 0.15) is 12.1 Å². The third-order valence-electron chi connectivity index (χ3n) is 6.20. The summed E-state index contributed by atoms with van der Waals surface area (Å²) in [4.78, 5) is 44.4. The van der Waals surface area contributed by atoms with Gasteiger partial charge in [-0.15, -0.1) is 0 Å². The van der Waals surface area contributed by atoms with Crippen LogP contribution in [0.2, 0.25) is 0 Å². The molecule has 6 N–H and O–H groups in total. The van der Waals surface area contributed by atoms with Crippen LogP contribution in [0.15, 0.2) is 66.9 Å². The molecule has 9 heteroatoms. The number of nitrogens with one attached hydrogen (secondary N) is 2. The molecule has 0 bridgehead atoms. The molecule has 2 aromatic carbocycles. The molecule has 0 spiro atoms. The fourth-order valence-electron chi connectivity index (χ4n) is 4.39. The number of nitrogens with zero attached hydrogens (tertiary/aromatic N) is 2. The number of carbonyl (C=O) groups excluding carboxylic acids is 3. The minimum absolute atomic E-state index is 0.203. The predicted molar refractivity (Wildman–Crippen MR) is 134 cm³/mol. The van der Waals surface area contributed by atoms with E-state index in [-0.39, 0.29) is 30.9 Å². The highest BCUT2D eigenvalue weighted by molar-refractivity contribution is 5.99. The highest BCUT2D eigenvalue weighted by atomic mass is 16.2. The minimum atomic E-state index is -0.807. The van der Waals surface area contributed by atoms with Crippen molar-refractivity contribution in [2.24, 2.45) is 11.5 Å². The van der Waals surface area contributed by atoms with E-state index in [0.29, 0.717) is 24.9 Å². The zero-order chi connectivity index (χ0) is 24.8. The Bertz CT molecular complexity index is 1200. The van der Waals surface area contributed by atoms with Crippen LogP contribution in [0.3, 0.4) is 0 Å². The molecule has 3 atom stereocenters. The van der Waals surface area contributed by atoms with Crippen molar-refractivity contribution in [2.75, 3.05) is 18.4 Å². The van der Waals surface area contributed by atoms with Crippen molar-refractivity contribution in [3.63, 3.8) is 0 Å². The monoisotopic (exact) mass is 474 g/mol. The zero-order valence-corrected chi connectivity index (χ0v) is 19.4. The summed E-state index contributed by atoms with van der Waals surface area (Å²) in [6.07, 6.45) is 3.02. The molecule has 1 aromatic heterocycles. The largest absolute Gasteiger partial charge is 0.342 e. The number of carbonyl (C=O) groups is 3. The van der Waals surface area contributed by atoms with Crippen molar-refractivity contribution in [3.8, 4) is 0 Å². The number of anilines is 1. The molecule has 35 heavy (non-hydrogen) atoms. The Morgan fingerprint density at radius 1 is 1.09 bits per heavy atom. The number of aryl methyl sites for hydroxylation is 1. The topological polar surface area (TPSA) is 143 Å². The molecule has 2 heterocycles. The Hall–Kier alpha value is -3.82. The number of nitrogens with two attached hydrogens (primary N) is 2. The van der Waals surface area contributed by atoms with Gasteiger partial charge in [-0.1, -0.05) is 36.4 Å². The Morgan fingerprint density at radius 2 is 1.89 bits per heavy atom. The van der Waals surface area contributed by atoms with Gasteiger partial charge in [0.25, 0.3) is 0 Å². The number of aromatic nitrogens is 1. The van der Waals surface area contributed by atoms with Crippen LogP contribution in [-0.2, 0) is 20.8 Å². The lowest BCUT2D eigenvalue weighted by Gasteiger charge is -2.26. The Kier molecular flexibility index (Phi) is 7.69. The minimum Gasteiger partial charge on any atom is -0.342 e. The second-order valence-corrected chi connectivity index (χ2v) is 8.75. The maximum Gasteiger partial charge on any atom is 0.246 e. The van der Waals surface area contributed by atoms with E-state index in [1.54, 1.807) is 12.3 Å². The first kappa shape index (κ1) is 24.3. The molecule has 0 aliphatic carbocycles. The van der Waals surface area contributed by atoms with Crippen LogP contribution in [-0.4, -0.2) is 58.8 Å². The number of pyridine rings is 1. The van der Waals surface area contributed by atoms with Crippen molar-refractivity contribution in [2.45, 2.75) is 37.4 Å². The molecule has 0 saturated carbocycles. The Labute approximate surface area is 203 Å². The standard InChI is InChI=1S/C26H30N6O3/c27-15-24(33)32-16-19(28)14-23(32)26(35)31-22(10-8-17-5-2-1-3-6-17)25(34)30-20-9-11-21-18(13-20)7-4-12-29-21/h1-7,9,11-13,19,22-23H,8,10,14-16,27-28H2,(H,30,34)(H,31,35)/t19-,22+,23+/m0/s1. The smallest absolute Gasteiger partial charge is 0.246 e. The predicted octanol–water partition coefficient (Wildman–Crippen LogP) is 1.18. The van der Waals surface area contributed by atoms with Crippen molar-refractivity contribution < 1.29 is 14.4 Å². The second kappa shape index (κ2) is 11.1. The van der Waals surface area contributed by atoms with Crippen LogP contribution in [0.25, 0.3) is 10.9 Å². The summed E-state index contributed by atoms with van der Waals surface area (Å²) in [7, 11) is 0. The third kappa shape index (κ3) is 6.00. The summed E-state index contributed by atoms with van der Waals surface area (Å²) in [6, 6.07) is 17.1. The normalized spacial score (nSPS) is 18.3. The van der Waals surface area contributed by atoms with E-state index in [4.69, 9.17) is 11.5 Å². The van der Waals surface area contributed by atoms with Gasteiger partial charge in [0.15, 0.2) is 0 Å². The molecule has 1 aliphatic rings. The Balaban J connectivity index is 1.50. The summed E-state index contributed by atoms with van der Waals surface area (Å²) < 4.78 is 0. The first-order valence-electron chi connectivity index (χ1n) is 11.7. The van der Waals surface area contributed by atoms with Crippen molar-refractivity contribution in [1.82, 2.24) is 15.2 Å². The molecular formula is C26H30N6O3. The number of fused-ring (bicyclic) bond motifs is 1. The van der Waals surface area contributed by atoms with Gasteiger partial charge in [0, 0.05) is 29.9 Å². The summed E-state index contributed by atoms with van der Waals surface area (Å²) in [5, 5.41) is 6.67. The van der Waals surface area contributed by atoms with Crippen LogP contribution in [0, 0.1) is 0 Å². The maximum atomic E-state index is 13.3. The fraction of sp³-hybridized carbons (Fsp3) is 0.308. The molecule has 1 saturated heterocycles. The molecule has 1 fully saturated rings. The van der Waals surface area contributed by atoms with Crippen LogP contribution in [0.1, 0.15) is 18.4 Å². The highest BCUT2D eigenvalue weighted by Gasteiger charge is 2.38. The average molecular weight is 475 g/mol. The van der Waals surface area contributed by atoms with Gasteiger partial charge in [0.2, 0.25) is 17.7 Å². The van der Waals surface area contributed by atoms with Gasteiger partial charge in [-0.05, 0) is 49.1 Å². The van der Waals surface area contributed by atoms with Gasteiger partial charge in [-0.25, -0.2) is 0 Å². The molecule has 3 amide bonds. The van der Waals surface area contributed by atoms with Gasteiger partial charge in [-0.3, -0.25) is 19.4 Å². The number of amides is 3. The summed E-state index contributed by atoms with van der Waals surface area (Å²) in [5.41, 5.74) is 14.0. The number of hydrogen-bond donors (Lipinski definition) is 4. The molecule has 9 nitrogen and oxygen atoms in total. The first-order chi connectivity index (χ1) is 16.9. The zero-order valence-electron chi connectivity index (χ0n) is 19.4. The Morgan fingerprint density at radius 3 is 2.66 bits per heavy atom. The molecular weight excluding hydrogens is 444 g/mol. The number of likely N-dealkylation sites (tertiary alicyclic amines) is 1. The molecule has 4 rings (SSSR count). The molecule has 1 aliphatic heterocycles. The first-order valence-corrected chi connectivity index (χ1v) is 11.7. The van der Waals surface area contributed by atoms with E-state index in [1.165, 1.54) is 4.90 Å². The highest BCUT2D eigenvalue weighted by Crippen LogP contribution is 2.19. The second-order valence-electron chi connectivity index (χ2n) is 8.75. The average Bonchev–Trinajstić information content (AvgIpc) is 3.28. The lowest BCUT2D eigenvalue weighted by atomic mass is 10.0. The maximum absolute atomic E-state index is 13.3. The van der Waals surface area contributed by atoms with Crippen LogP contribution in [0.4, 0.5) is 5.69 Å². The molecule has 0 radical (unpaired) electrons. The van der Waals surface area contributed by atoms with Crippen LogP contribution >= 0.6 is 0 Å². The van der Waals surface area contributed by atoms with E-state index < -0.39 is 18.0 Å².